The summed E-state index contributed by atoms with van der Waals surface area (Å²) in [5.74, 6) is -1.08. The number of amides is 1. The van der Waals surface area contributed by atoms with Crippen molar-refractivity contribution >= 4 is 17.5 Å². The Hall–Kier alpha value is -1.95. The Morgan fingerprint density at radius 3 is 2.95 bits per heavy atom. The van der Waals surface area contributed by atoms with Crippen LogP contribution in [0.2, 0.25) is 5.15 Å². The van der Waals surface area contributed by atoms with Crippen LogP contribution in [-0.4, -0.2) is 20.7 Å². The van der Waals surface area contributed by atoms with Crippen molar-refractivity contribution in [2.24, 2.45) is 7.05 Å². The van der Waals surface area contributed by atoms with E-state index in [4.69, 9.17) is 11.6 Å². The van der Waals surface area contributed by atoms with Crippen LogP contribution in [0.4, 0.5) is 4.39 Å². The fourth-order valence-corrected chi connectivity index (χ4v) is 1.86. The molecule has 0 unspecified atom stereocenters. The van der Waals surface area contributed by atoms with Gasteiger partial charge in [0.15, 0.2) is 0 Å². The van der Waals surface area contributed by atoms with Gasteiger partial charge in [0.2, 0.25) is 0 Å². The molecule has 2 rings (SSSR count). The highest BCUT2D eigenvalue weighted by molar-refractivity contribution is 6.32. The molecule has 2 aromatic rings. The number of halogens is 2. The maximum Gasteiger partial charge on any atom is 0.254 e. The Labute approximate surface area is 114 Å². The first-order valence-electron chi connectivity index (χ1n) is 5.55. The van der Waals surface area contributed by atoms with Crippen LogP contribution >= 0.6 is 11.6 Å². The summed E-state index contributed by atoms with van der Waals surface area (Å²) in [6, 6.07) is 1.06. The van der Waals surface area contributed by atoms with E-state index < -0.39 is 11.7 Å². The molecule has 0 radical (unpaired) electrons. The van der Waals surface area contributed by atoms with E-state index in [0.29, 0.717) is 6.54 Å². The third-order valence-electron chi connectivity index (χ3n) is 2.60. The zero-order valence-corrected chi connectivity index (χ0v) is 11.2. The zero-order chi connectivity index (χ0) is 14.0. The van der Waals surface area contributed by atoms with Crippen LogP contribution in [0, 0.1) is 12.7 Å². The number of rotatable bonds is 3. The molecule has 0 saturated heterocycles. The number of aromatic nitrogens is 3. The van der Waals surface area contributed by atoms with Gasteiger partial charge in [0.25, 0.3) is 5.91 Å². The monoisotopic (exact) mass is 282 g/mol. The first kappa shape index (κ1) is 13.5. The first-order valence-corrected chi connectivity index (χ1v) is 5.93. The van der Waals surface area contributed by atoms with Crippen LogP contribution in [0.3, 0.4) is 0 Å². The van der Waals surface area contributed by atoms with Crippen molar-refractivity contribution in [3.8, 4) is 0 Å². The van der Waals surface area contributed by atoms with Gasteiger partial charge in [-0.25, -0.2) is 9.37 Å². The van der Waals surface area contributed by atoms with Crippen LogP contribution in [-0.2, 0) is 13.6 Å². The fraction of sp³-hybridized carbons (Fsp3) is 0.250. The van der Waals surface area contributed by atoms with Gasteiger partial charge in [-0.3, -0.25) is 9.48 Å². The molecule has 0 aliphatic carbocycles. The lowest BCUT2D eigenvalue weighted by molar-refractivity contribution is 0.0950. The van der Waals surface area contributed by atoms with Crippen molar-refractivity contribution in [1.82, 2.24) is 20.1 Å². The Morgan fingerprint density at radius 2 is 2.32 bits per heavy atom. The van der Waals surface area contributed by atoms with Crippen molar-refractivity contribution < 1.29 is 9.18 Å². The predicted molar refractivity (Wildman–Crippen MR) is 68.3 cm³/mol. The van der Waals surface area contributed by atoms with Gasteiger partial charge in [-0.1, -0.05) is 11.6 Å². The number of nitrogens with zero attached hydrogens (tertiary/aromatic N) is 3. The highest BCUT2D eigenvalue weighted by Crippen LogP contribution is 2.14. The second-order valence-electron chi connectivity index (χ2n) is 4.09. The van der Waals surface area contributed by atoms with Gasteiger partial charge in [0.1, 0.15) is 11.0 Å². The highest BCUT2D eigenvalue weighted by Gasteiger charge is 2.13. The smallest absolute Gasteiger partial charge is 0.254 e. The number of hydrogen-bond acceptors (Lipinski definition) is 3. The molecule has 1 amide bonds. The summed E-state index contributed by atoms with van der Waals surface area (Å²) < 4.78 is 14.7. The van der Waals surface area contributed by atoms with Gasteiger partial charge in [-0.2, -0.15) is 5.10 Å². The molecule has 1 N–H and O–H groups in total. The topological polar surface area (TPSA) is 59.8 Å². The van der Waals surface area contributed by atoms with Crippen LogP contribution in [0.5, 0.6) is 0 Å². The molecule has 0 saturated carbocycles. The minimum Gasteiger partial charge on any atom is -0.348 e. The maximum atomic E-state index is 13.0. The molecule has 100 valence electrons. The molecule has 2 aromatic heterocycles. The number of carbonyl (C=O) groups excluding carboxylic acids is 1. The number of nitrogens with one attached hydrogen (secondary N) is 1. The third-order valence-corrected chi connectivity index (χ3v) is 2.91. The molecule has 0 bridgehead atoms. The van der Waals surface area contributed by atoms with Gasteiger partial charge in [-0.05, 0) is 13.0 Å². The molecular formula is C12H12ClFN4O. The van der Waals surface area contributed by atoms with Crippen molar-refractivity contribution in [3.63, 3.8) is 0 Å². The first-order chi connectivity index (χ1) is 8.97. The summed E-state index contributed by atoms with van der Waals surface area (Å²) in [6.45, 7) is 2.14. The molecule has 0 atom stereocenters. The molecule has 5 nitrogen and oxygen atoms in total. The average Bonchev–Trinajstić information content (AvgIpc) is 2.68. The van der Waals surface area contributed by atoms with Crippen molar-refractivity contribution in [3.05, 3.63) is 46.3 Å². The second kappa shape index (κ2) is 5.36. The Kier molecular flexibility index (Phi) is 3.80. The van der Waals surface area contributed by atoms with Crippen LogP contribution in [0.1, 0.15) is 21.6 Å². The molecule has 0 aliphatic heterocycles. The van der Waals surface area contributed by atoms with Gasteiger partial charge in [-0.15, -0.1) is 0 Å². The van der Waals surface area contributed by atoms with Crippen molar-refractivity contribution in [1.29, 1.82) is 0 Å². The lowest BCUT2D eigenvalue weighted by atomic mass is 10.2. The van der Waals surface area contributed by atoms with Crippen LogP contribution in [0.25, 0.3) is 0 Å². The van der Waals surface area contributed by atoms with E-state index in [1.54, 1.807) is 17.9 Å². The Balaban J connectivity index is 2.09. The van der Waals surface area contributed by atoms with E-state index in [1.165, 1.54) is 0 Å². The largest absolute Gasteiger partial charge is 0.348 e. The van der Waals surface area contributed by atoms with E-state index in [9.17, 15) is 9.18 Å². The lowest BCUT2D eigenvalue weighted by Gasteiger charge is -2.05. The SMILES string of the molecule is Cc1nn(C)cc1CNC(=O)c1cc(F)cnc1Cl. The quantitative estimate of drug-likeness (QED) is 0.874. The third kappa shape index (κ3) is 3.08. The summed E-state index contributed by atoms with van der Waals surface area (Å²) in [5.41, 5.74) is 1.73. The van der Waals surface area contributed by atoms with Gasteiger partial charge >= 0.3 is 0 Å². The second-order valence-corrected chi connectivity index (χ2v) is 4.45. The molecule has 0 aromatic carbocycles. The standard InChI is InChI=1S/C12H12ClFN4O/c1-7-8(6-18(2)17-7)4-16-12(19)10-3-9(14)5-15-11(10)13/h3,5-6H,4H2,1-2H3,(H,16,19). The molecular weight excluding hydrogens is 271 g/mol. The van der Waals surface area contributed by atoms with E-state index >= 15 is 0 Å². The number of pyridine rings is 1. The number of hydrogen-bond donors (Lipinski definition) is 1. The molecule has 0 spiro atoms. The van der Waals surface area contributed by atoms with E-state index in [1.807, 2.05) is 6.92 Å². The molecule has 19 heavy (non-hydrogen) atoms. The minimum atomic E-state index is -0.605. The highest BCUT2D eigenvalue weighted by atomic mass is 35.5. The van der Waals surface area contributed by atoms with Gasteiger partial charge < -0.3 is 5.32 Å². The van der Waals surface area contributed by atoms with Gasteiger partial charge in [0.05, 0.1) is 17.5 Å². The number of aryl methyl sites for hydroxylation is 2. The average molecular weight is 283 g/mol. The van der Waals surface area contributed by atoms with Crippen LogP contribution in [0.15, 0.2) is 18.5 Å². The summed E-state index contributed by atoms with van der Waals surface area (Å²) >= 11 is 5.75. The summed E-state index contributed by atoms with van der Waals surface area (Å²) in [7, 11) is 1.80. The predicted octanol–water partition coefficient (Wildman–Crippen LogP) is 1.85. The van der Waals surface area contributed by atoms with Crippen LogP contribution < -0.4 is 5.32 Å². The summed E-state index contributed by atoms with van der Waals surface area (Å²) in [4.78, 5) is 15.5. The normalized spacial score (nSPS) is 10.5. The molecule has 0 fully saturated rings. The van der Waals surface area contributed by atoms with Gasteiger partial charge in [0, 0.05) is 25.4 Å². The van der Waals surface area contributed by atoms with E-state index in [2.05, 4.69) is 15.4 Å². The Morgan fingerprint density at radius 1 is 1.58 bits per heavy atom. The van der Waals surface area contributed by atoms with Crippen molar-refractivity contribution in [2.75, 3.05) is 0 Å². The molecule has 2 heterocycles. The lowest BCUT2D eigenvalue weighted by Crippen LogP contribution is -2.23. The Bertz CT molecular complexity index is 626. The molecule has 0 aliphatic rings. The summed E-state index contributed by atoms with van der Waals surface area (Å²) in [6.07, 6.45) is 2.77. The fourth-order valence-electron chi connectivity index (χ4n) is 1.67. The van der Waals surface area contributed by atoms with E-state index in [0.717, 1.165) is 23.5 Å². The zero-order valence-electron chi connectivity index (χ0n) is 10.4. The minimum absolute atomic E-state index is 0.0169. The maximum absolute atomic E-state index is 13.0. The number of carbonyl (C=O) groups is 1. The van der Waals surface area contributed by atoms with Crippen molar-refractivity contribution in [2.45, 2.75) is 13.5 Å². The summed E-state index contributed by atoms with van der Waals surface area (Å²) in [5, 5.41) is 6.79. The van der Waals surface area contributed by atoms with E-state index in [-0.39, 0.29) is 10.7 Å². The molecule has 7 heteroatoms.